The molecule has 0 saturated carbocycles. The first-order valence-electron chi connectivity index (χ1n) is 7.27. The van der Waals surface area contributed by atoms with Gasteiger partial charge in [0.1, 0.15) is 18.1 Å². The Morgan fingerprint density at radius 2 is 2.00 bits per heavy atom. The van der Waals surface area contributed by atoms with Crippen LogP contribution in [-0.4, -0.2) is 18.3 Å². The molecular weight excluding hydrogens is 266 g/mol. The Hall–Kier alpha value is -1.78. The molecule has 0 aliphatic carbocycles. The second-order valence-corrected chi connectivity index (χ2v) is 5.24. The molecule has 2 rings (SSSR count). The zero-order chi connectivity index (χ0) is 15.1. The number of aromatic hydroxyl groups is 1. The topological polar surface area (TPSA) is 54.6 Å². The molecule has 0 atom stereocenters. The summed E-state index contributed by atoms with van der Waals surface area (Å²) >= 11 is 0. The minimum atomic E-state index is 0.394. The van der Waals surface area contributed by atoms with Gasteiger partial charge in [-0.05, 0) is 55.6 Å². The van der Waals surface area contributed by atoms with Crippen molar-refractivity contribution in [3.8, 4) is 5.75 Å². The number of nitrogens with one attached hydrogen (secondary N) is 1. The first-order valence-corrected chi connectivity index (χ1v) is 7.27. The third kappa shape index (κ3) is 4.92. The van der Waals surface area contributed by atoms with Crippen LogP contribution in [0, 0.1) is 13.8 Å². The summed E-state index contributed by atoms with van der Waals surface area (Å²) in [4.78, 5) is 0. The predicted molar refractivity (Wildman–Crippen MR) is 82.3 cm³/mol. The van der Waals surface area contributed by atoms with E-state index in [0.29, 0.717) is 19.0 Å². The molecule has 0 saturated heterocycles. The van der Waals surface area contributed by atoms with Crippen LogP contribution in [0.25, 0.3) is 0 Å². The molecule has 4 nitrogen and oxygen atoms in total. The molecule has 0 spiro atoms. The molecule has 4 heteroatoms. The Bertz CT molecular complexity index is 526. The zero-order valence-electron chi connectivity index (χ0n) is 12.7. The predicted octanol–water partition coefficient (Wildman–Crippen LogP) is 3.30. The van der Waals surface area contributed by atoms with Crippen LogP contribution in [0.5, 0.6) is 5.75 Å². The summed E-state index contributed by atoms with van der Waals surface area (Å²) in [5.74, 6) is 1.25. The molecule has 0 fully saturated rings. The number of aryl methyl sites for hydroxylation is 2. The lowest BCUT2D eigenvalue weighted by molar-refractivity contribution is 0.104. The lowest BCUT2D eigenvalue weighted by atomic mass is 10.1. The largest absolute Gasteiger partial charge is 0.507 e. The molecule has 0 bridgehead atoms. The van der Waals surface area contributed by atoms with Gasteiger partial charge in [-0.1, -0.05) is 12.1 Å². The maximum atomic E-state index is 9.73. The average molecular weight is 289 g/mol. The maximum Gasteiger partial charge on any atom is 0.129 e. The lowest BCUT2D eigenvalue weighted by Gasteiger charge is -2.09. The highest BCUT2D eigenvalue weighted by Gasteiger charge is 2.03. The van der Waals surface area contributed by atoms with E-state index in [-0.39, 0.29) is 0 Å². The minimum absolute atomic E-state index is 0.394. The molecule has 0 radical (unpaired) electrons. The minimum Gasteiger partial charge on any atom is -0.507 e. The number of hydrogen-bond acceptors (Lipinski definition) is 4. The molecule has 0 unspecified atom stereocenters. The van der Waals surface area contributed by atoms with Crippen LogP contribution in [0.3, 0.4) is 0 Å². The van der Waals surface area contributed by atoms with Crippen LogP contribution >= 0.6 is 0 Å². The summed E-state index contributed by atoms with van der Waals surface area (Å²) in [6.45, 7) is 6.80. The highest BCUT2D eigenvalue weighted by molar-refractivity contribution is 5.42. The fourth-order valence-electron chi connectivity index (χ4n) is 2.25. The summed E-state index contributed by atoms with van der Waals surface area (Å²) in [6, 6.07) is 7.81. The van der Waals surface area contributed by atoms with Crippen molar-refractivity contribution >= 4 is 0 Å². The monoisotopic (exact) mass is 289 g/mol. The Kier molecular flexibility index (Phi) is 5.84. The maximum absolute atomic E-state index is 9.73. The smallest absolute Gasteiger partial charge is 0.129 e. The average Bonchev–Trinajstić information content (AvgIpc) is 2.97. The first kappa shape index (κ1) is 15.6. The molecular formula is C17H23NO3. The van der Waals surface area contributed by atoms with Gasteiger partial charge in [0.15, 0.2) is 0 Å². The Morgan fingerprint density at radius 3 is 2.67 bits per heavy atom. The number of phenols is 1. The van der Waals surface area contributed by atoms with Crippen LogP contribution in [-0.2, 0) is 17.9 Å². The second-order valence-electron chi connectivity index (χ2n) is 5.24. The number of furan rings is 1. The van der Waals surface area contributed by atoms with Gasteiger partial charge in [0.05, 0.1) is 6.26 Å². The number of rotatable bonds is 8. The van der Waals surface area contributed by atoms with Crippen molar-refractivity contribution in [1.82, 2.24) is 5.32 Å². The molecule has 1 aromatic heterocycles. The first-order chi connectivity index (χ1) is 10.2. The Labute approximate surface area is 125 Å². The van der Waals surface area contributed by atoms with Crippen LogP contribution in [0.2, 0.25) is 0 Å². The standard InChI is InChI=1S/C17H23NO3/c1-13-9-15(10-14(2)17(13)19)11-18-6-4-7-20-12-16-5-3-8-21-16/h3,5,8-10,18-19H,4,6-7,11-12H2,1-2H3. The van der Waals surface area contributed by atoms with Gasteiger partial charge in [0, 0.05) is 13.2 Å². The van der Waals surface area contributed by atoms with Gasteiger partial charge >= 0.3 is 0 Å². The molecule has 21 heavy (non-hydrogen) atoms. The Balaban J connectivity index is 1.59. The van der Waals surface area contributed by atoms with E-state index >= 15 is 0 Å². The summed E-state index contributed by atoms with van der Waals surface area (Å²) in [5.41, 5.74) is 3.04. The third-order valence-corrected chi connectivity index (χ3v) is 3.35. The van der Waals surface area contributed by atoms with Gasteiger partial charge < -0.3 is 19.6 Å². The Morgan fingerprint density at radius 1 is 1.24 bits per heavy atom. The second kappa shape index (κ2) is 7.86. The van der Waals surface area contributed by atoms with Crippen LogP contribution < -0.4 is 5.32 Å². The van der Waals surface area contributed by atoms with Gasteiger partial charge in [-0.25, -0.2) is 0 Å². The van der Waals surface area contributed by atoms with Crippen molar-refractivity contribution in [2.45, 2.75) is 33.4 Å². The van der Waals surface area contributed by atoms with Crippen molar-refractivity contribution in [1.29, 1.82) is 0 Å². The van der Waals surface area contributed by atoms with Crippen molar-refractivity contribution in [3.63, 3.8) is 0 Å². The normalized spacial score (nSPS) is 11.0. The van der Waals surface area contributed by atoms with E-state index in [1.807, 2.05) is 38.1 Å². The van der Waals surface area contributed by atoms with E-state index < -0.39 is 0 Å². The van der Waals surface area contributed by atoms with Gasteiger partial charge in [-0.3, -0.25) is 0 Å². The zero-order valence-corrected chi connectivity index (χ0v) is 12.7. The molecule has 1 aromatic carbocycles. The molecule has 2 N–H and O–H groups in total. The fraction of sp³-hybridized carbons (Fsp3) is 0.412. The molecule has 0 amide bonds. The summed E-state index contributed by atoms with van der Waals surface area (Å²) in [5, 5.41) is 13.1. The number of benzene rings is 1. The summed E-state index contributed by atoms with van der Waals surface area (Å²) in [7, 11) is 0. The lowest BCUT2D eigenvalue weighted by Crippen LogP contribution is -2.16. The van der Waals surface area contributed by atoms with E-state index in [1.165, 1.54) is 5.56 Å². The van der Waals surface area contributed by atoms with Gasteiger partial charge in [-0.15, -0.1) is 0 Å². The van der Waals surface area contributed by atoms with Crippen LogP contribution in [0.4, 0.5) is 0 Å². The molecule has 0 aliphatic rings. The van der Waals surface area contributed by atoms with Gasteiger partial charge in [0.25, 0.3) is 0 Å². The molecule has 2 aromatic rings. The SMILES string of the molecule is Cc1cc(CNCCCOCc2ccco2)cc(C)c1O. The van der Waals surface area contributed by atoms with Crippen molar-refractivity contribution in [2.75, 3.05) is 13.2 Å². The van der Waals surface area contributed by atoms with E-state index in [4.69, 9.17) is 9.15 Å². The van der Waals surface area contributed by atoms with E-state index in [0.717, 1.165) is 36.4 Å². The quantitative estimate of drug-likeness (QED) is 0.732. The summed E-state index contributed by atoms with van der Waals surface area (Å²) in [6.07, 6.45) is 2.61. The highest BCUT2D eigenvalue weighted by Crippen LogP contribution is 2.22. The third-order valence-electron chi connectivity index (χ3n) is 3.35. The molecule has 0 aliphatic heterocycles. The summed E-state index contributed by atoms with van der Waals surface area (Å²) < 4.78 is 10.7. The van der Waals surface area contributed by atoms with E-state index in [1.54, 1.807) is 6.26 Å². The van der Waals surface area contributed by atoms with Crippen molar-refractivity contribution in [2.24, 2.45) is 0 Å². The van der Waals surface area contributed by atoms with Gasteiger partial charge in [-0.2, -0.15) is 0 Å². The molecule has 1 heterocycles. The highest BCUT2D eigenvalue weighted by atomic mass is 16.5. The fourth-order valence-corrected chi connectivity index (χ4v) is 2.25. The van der Waals surface area contributed by atoms with Crippen molar-refractivity contribution in [3.05, 3.63) is 53.0 Å². The van der Waals surface area contributed by atoms with E-state index in [9.17, 15) is 5.11 Å². The van der Waals surface area contributed by atoms with Crippen LogP contribution in [0.15, 0.2) is 34.9 Å². The number of hydrogen-bond donors (Lipinski definition) is 2. The molecule has 114 valence electrons. The van der Waals surface area contributed by atoms with Crippen LogP contribution in [0.1, 0.15) is 28.9 Å². The van der Waals surface area contributed by atoms with Gasteiger partial charge in [0.2, 0.25) is 0 Å². The van der Waals surface area contributed by atoms with Crippen molar-refractivity contribution < 1.29 is 14.3 Å². The number of phenolic OH excluding ortho intramolecular Hbond substituents is 1. The van der Waals surface area contributed by atoms with E-state index in [2.05, 4.69) is 5.32 Å². The number of ether oxygens (including phenoxy) is 1.